The molecule has 1 aliphatic heterocycles. The number of anilines is 1. The molecule has 18 heavy (non-hydrogen) atoms. The number of halogens is 1. The molecule has 0 amide bonds. The molecule has 0 aromatic heterocycles. The van der Waals surface area contributed by atoms with E-state index in [2.05, 4.69) is 17.6 Å². The normalized spacial score (nSPS) is 19.2. The summed E-state index contributed by atoms with van der Waals surface area (Å²) in [7, 11) is 0. The summed E-state index contributed by atoms with van der Waals surface area (Å²) in [5, 5.41) is 1.94. The van der Waals surface area contributed by atoms with Gasteiger partial charge in [0, 0.05) is 6.54 Å². The Hall–Kier alpha value is -1.87. The highest BCUT2D eigenvalue weighted by Crippen LogP contribution is 2.32. The molecular formula is C15H15FN2. The number of hydrogen-bond acceptors (Lipinski definition) is 2. The van der Waals surface area contributed by atoms with E-state index in [1.807, 2.05) is 35.3 Å². The van der Waals surface area contributed by atoms with Crippen molar-refractivity contribution in [3.8, 4) is 0 Å². The standard InChI is InChI=1S/C15H15FN2/c16-13-8-4-5-9-15(13)18-14(10-11-17-18)12-6-2-1-3-7-12/h1-9,14,17H,10-11H2. The van der Waals surface area contributed by atoms with Crippen LogP contribution < -0.4 is 10.4 Å². The second kappa shape index (κ2) is 4.78. The number of rotatable bonds is 2. The van der Waals surface area contributed by atoms with Crippen LogP contribution in [-0.2, 0) is 0 Å². The molecule has 1 saturated heterocycles. The third-order valence-corrected chi connectivity index (χ3v) is 3.31. The molecule has 1 fully saturated rings. The minimum absolute atomic E-state index is 0.187. The van der Waals surface area contributed by atoms with Crippen molar-refractivity contribution < 1.29 is 4.39 Å². The summed E-state index contributed by atoms with van der Waals surface area (Å²) in [6.45, 7) is 0.869. The lowest BCUT2D eigenvalue weighted by Crippen LogP contribution is -2.33. The van der Waals surface area contributed by atoms with Crippen molar-refractivity contribution in [1.29, 1.82) is 0 Å². The van der Waals surface area contributed by atoms with Crippen molar-refractivity contribution in [2.24, 2.45) is 0 Å². The minimum Gasteiger partial charge on any atom is -0.298 e. The van der Waals surface area contributed by atoms with Crippen LogP contribution in [-0.4, -0.2) is 6.54 Å². The summed E-state index contributed by atoms with van der Waals surface area (Å²) < 4.78 is 13.8. The van der Waals surface area contributed by atoms with E-state index in [-0.39, 0.29) is 11.9 Å². The quantitative estimate of drug-likeness (QED) is 0.869. The molecule has 1 unspecified atom stereocenters. The maximum absolute atomic E-state index is 13.8. The average Bonchev–Trinajstić information content (AvgIpc) is 2.89. The molecule has 2 aromatic carbocycles. The molecule has 1 heterocycles. The van der Waals surface area contributed by atoms with Gasteiger partial charge in [-0.1, -0.05) is 42.5 Å². The predicted octanol–water partition coefficient (Wildman–Crippen LogP) is 3.28. The topological polar surface area (TPSA) is 15.3 Å². The van der Waals surface area contributed by atoms with Crippen LogP contribution in [0.2, 0.25) is 0 Å². The highest BCUT2D eigenvalue weighted by molar-refractivity contribution is 5.49. The fourth-order valence-electron chi connectivity index (χ4n) is 2.45. The lowest BCUT2D eigenvalue weighted by Gasteiger charge is -2.26. The van der Waals surface area contributed by atoms with E-state index in [0.29, 0.717) is 5.69 Å². The zero-order valence-corrected chi connectivity index (χ0v) is 10.0. The van der Waals surface area contributed by atoms with Gasteiger partial charge in [0.2, 0.25) is 0 Å². The largest absolute Gasteiger partial charge is 0.298 e. The van der Waals surface area contributed by atoms with Crippen LogP contribution in [0.5, 0.6) is 0 Å². The van der Waals surface area contributed by atoms with Crippen molar-refractivity contribution in [3.63, 3.8) is 0 Å². The van der Waals surface area contributed by atoms with Crippen LogP contribution >= 0.6 is 0 Å². The minimum atomic E-state index is -0.187. The fourth-order valence-corrected chi connectivity index (χ4v) is 2.45. The molecule has 92 valence electrons. The van der Waals surface area contributed by atoms with Crippen molar-refractivity contribution in [2.75, 3.05) is 11.6 Å². The molecule has 2 aromatic rings. The monoisotopic (exact) mass is 242 g/mol. The lowest BCUT2D eigenvalue weighted by molar-refractivity contribution is 0.597. The number of nitrogens with one attached hydrogen (secondary N) is 1. The van der Waals surface area contributed by atoms with Crippen LogP contribution in [0.15, 0.2) is 54.6 Å². The van der Waals surface area contributed by atoms with E-state index in [1.165, 1.54) is 11.6 Å². The lowest BCUT2D eigenvalue weighted by atomic mass is 10.0. The molecule has 1 aliphatic rings. The molecule has 3 rings (SSSR count). The molecule has 0 aliphatic carbocycles. The smallest absolute Gasteiger partial charge is 0.147 e. The highest BCUT2D eigenvalue weighted by atomic mass is 19.1. The van der Waals surface area contributed by atoms with Gasteiger partial charge in [-0.3, -0.25) is 5.01 Å². The van der Waals surface area contributed by atoms with Gasteiger partial charge in [-0.25, -0.2) is 9.82 Å². The van der Waals surface area contributed by atoms with Crippen LogP contribution in [0.25, 0.3) is 0 Å². The second-order valence-electron chi connectivity index (χ2n) is 4.44. The summed E-state index contributed by atoms with van der Waals surface area (Å²) in [6.07, 6.45) is 0.984. The number of hydrazine groups is 1. The van der Waals surface area contributed by atoms with Crippen LogP contribution in [0.4, 0.5) is 10.1 Å². The molecule has 1 N–H and O–H groups in total. The van der Waals surface area contributed by atoms with Gasteiger partial charge in [-0.2, -0.15) is 0 Å². The van der Waals surface area contributed by atoms with Crippen LogP contribution in [0, 0.1) is 5.82 Å². The van der Waals surface area contributed by atoms with E-state index in [4.69, 9.17) is 0 Å². The first kappa shape index (κ1) is 11.2. The second-order valence-corrected chi connectivity index (χ2v) is 4.44. The number of hydrogen-bond donors (Lipinski definition) is 1. The first-order valence-electron chi connectivity index (χ1n) is 6.18. The molecular weight excluding hydrogens is 227 g/mol. The van der Waals surface area contributed by atoms with Crippen LogP contribution in [0.3, 0.4) is 0 Å². The zero-order valence-electron chi connectivity index (χ0n) is 10.0. The van der Waals surface area contributed by atoms with Gasteiger partial charge in [0.15, 0.2) is 0 Å². The Morgan fingerprint density at radius 2 is 1.72 bits per heavy atom. The Morgan fingerprint density at radius 3 is 2.50 bits per heavy atom. The molecule has 0 bridgehead atoms. The third kappa shape index (κ3) is 1.97. The predicted molar refractivity (Wildman–Crippen MR) is 70.7 cm³/mol. The van der Waals surface area contributed by atoms with E-state index >= 15 is 0 Å². The summed E-state index contributed by atoms with van der Waals surface area (Å²) in [5.74, 6) is -0.187. The maximum Gasteiger partial charge on any atom is 0.147 e. The van der Waals surface area contributed by atoms with Gasteiger partial charge in [0.1, 0.15) is 5.82 Å². The van der Waals surface area contributed by atoms with Gasteiger partial charge in [-0.05, 0) is 24.1 Å². The summed E-state index contributed by atoms with van der Waals surface area (Å²) >= 11 is 0. The molecule has 0 saturated carbocycles. The summed E-state index contributed by atoms with van der Waals surface area (Å²) in [5.41, 5.74) is 5.08. The van der Waals surface area contributed by atoms with Crippen molar-refractivity contribution in [2.45, 2.75) is 12.5 Å². The van der Waals surface area contributed by atoms with Gasteiger partial charge >= 0.3 is 0 Å². The summed E-state index contributed by atoms with van der Waals surface area (Å²) in [4.78, 5) is 0. The zero-order chi connectivity index (χ0) is 12.4. The Bertz CT molecular complexity index is 527. The Balaban J connectivity index is 1.95. The highest BCUT2D eigenvalue weighted by Gasteiger charge is 2.27. The Kier molecular flexibility index (Phi) is 2.99. The van der Waals surface area contributed by atoms with Gasteiger partial charge in [0.25, 0.3) is 0 Å². The molecule has 1 atom stereocenters. The van der Waals surface area contributed by atoms with Gasteiger partial charge in [0.05, 0.1) is 11.7 Å². The first-order valence-corrected chi connectivity index (χ1v) is 6.18. The number of para-hydroxylation sites is 1. The molecule has 3 heteroatoms. The van der Waals surface area contributed by atoms with E-state index in [0.717, 1.165) is 13.0 Å². The summed E-state index contributed by atoms with van der Waals surface area (Å²) in [6, 6.07) is 17.3. The third-order valence-electron chi connectivity index (χ3n) is 3.31. The van der Waals surface area contributed by atoms with Crippen molar-refractivity contribution >= 4 is 5.69 Å². The Morgan fingerprint density at radius 1 is 1.00 bits per heavy atom. The van der Waals surface area contributed by atoms with Crippen LogP contribution in [0.1, 0.15) is 18.0 Å². The first-order chi connectivity index (χ1) is 8.86. The van der Waals surface area contributed by atoms with Crippen molar-refractivity contribution in [3.05, 3.63) is 66.0 Å². The maximum atomic E-state index is 13.8. The molecule has 2 nitrogen and oxygen atoms in total. The Labute approximate surface area is 106 Å². The number of benzene rings is 2. The van der Waals surface area contributed by atoms with E-state index in [9.17, 15) is 4.39 Å². The average molecular weight is 242 g/mol. The van der Waals surface area contributed by atoms with Gasteiger partial charge < -0.3 is 0 Å². The number of nitrogens with zero attached hydrogens (tertiary/aromatic N) is 1. The SMILES string of the molecule is Fc1ccccc1N1NCCC1c1ccccc1. The van der Waals surface area contributed by atoms with Crippen molar-refractivity contribution in [1.82, 2.24) is 5.43 Å². The van der Waals surface area contributed by atoms with E-state index in [1.54, 1.807) is 6.07 Å². The molecule has 0 spiro atoms. The van der Waals surface area contributed by atoms with Gasteiger partial charge in [-0.15, -0.1) is 0 Å². The van der Waals surface area contributed by atoms with E-state index < -0.39 is 0 Å². The molecule has 0 radical (unpaired) electrons. The fraction of sp³-hybridized carbons (Fsp3) is 0.200.